The largest absolute Gasteiger partial charge is 0.379 e. The molecule has 0 aliphatic carbocycles. The van der Waals surface area contributed by atoms with Crippen molar-refractivity contribution < 1.29 is 4.74 Å². The van der Waals surface area contributed by atoms with Crippen molar-refractivity contribution in [2.75, 3.05) is 45.9 Å². The number of nitrogens with zero attached hydrogens (tertiary/aromatic N) is 2. The van der Waals surface area contributed by atoms with Crippen molar-refractivity contribution in [2.45, 2.75) is 27.3 Å². The summed E-state index contributed by atoms with van der Waals surface area (Å²) in [6, 6.07) is 8.55. The highest BCUT2D eigenvalue weighted by molar-refractivity contribution is 14.0. The number of aliphatic imine (C=N–C) groups is 1. The molecule has 0 bridgehead atoms. The SMILES string of the molecule is CCNC(=NCc1ccc(C)cc1)NCC(C)CN1CCOCC1.I. The minimum atomic E-state index is 0. The molecule has 1 heterocycles. The fourth-order valence-corrected chi connectivity index (χ4v) is 2.77. The Labute approximate surface area is 169 Å². The molecular weight excluding hydrogens is 427 g/mol. The van der Waals surface area contributed by atoms with Crippen LogP contribution in [0, 0.1) is 12.8 Å². The lowest BCUT2D eigenvalue weighted by Crippen LogP contribution is -2.44. The van der Waals surface area contributed by atoms with E-state index in [2.05, 4.69) is 60.6 Å². The molecule has 1 aliphatic rings. The summed E-state index contributed by atoms with van der Waals surface area (Å²) in [5, 5.41) is 6.80. The maximum Gasteiger partial charge on any atom is 0.191 e. The lowest BCUT2D eigenvalue weighted by Gasteiger charge is -2.29. The lowest BCUT2D eigenvalue weighted by atomic mass is 10.1. The van der Waals surface area contributed by atoms with E-state index >= 15 is 0 Å². The van der Waals surface area contributed by atoms with Crippen LogP contribution in [0.4, 0.5) is 0 Å². The Balaban J connectivity index is 0.00000312. The summed E-state index contributed by atoms with van der Waals surface area (Å²) in [7, 11) is 0. The van der Waals surface area contributed by atoms with Gasteiger partial charge in [0.2, 0.25) is 0 Å². The molecule has 0 amide bonds. The normalized spacial score (nSPS) is 16.8. The van der Waals surface area contributed by atoms with Gasteiger partial charge in [-0.15, -0.1) is 24.0 Å². The minimum Gasteiger partial charge on any atom is -0.379 e. The average molecular weight is 460 g/mol. The molecule has 25 heavy (non-hydrogen) atoms. The second-order valence-electron chi connectivity index (χ2n) is 6.58. The zero-order chi connectivity index (χ0) is 17.2. The van der Waals surface area contributed by atoms with Gasteiger partial charge in [0.15, 0.2) is 5.96 Å². The summed E-state index contributed by atoms with van der Waals surface area (Å²) in [5.41, 5.74) is 2.52. The molecule has 142 valence electrons. The number of nitrogens with one attached hydrogen (secondary N) is 2. The van der Waals surface area contributed by atoms with Crippen LogP contribution in [0.5, 0.6) is 0 Å². The van der Waals surface area contributed by atoms with E-state index < -0.39 is 0 Å². The van der Waals surface area contributed by atoms with Gasteiger partial charge in [-0.3, -0.25) is 4.90 Å². The fraction of sp³-hybridized carbons (Fsp3) is 0.632. The van der Waals surface area contributed by atoms with E-state index in [4.69, 9.17) is 9.73 Å². The van der Waals surface area contributed by atoms with Gasteiger partial charge in [-0.1, -0.05) is 36.8 Å². The number of guanidine groups is 1. The van der Waals surface area contributed by atoms with Gasteiger partial charge in [-0.2, -0.15) is 0 Å². The molecule has 2 rings (SSSR count). The summed E-state index contributed by atoms with van der Waals surface area (Å²) >= 11 is 0. The van der Waals surface area contributed by atoms with Crippen LogP contribution in [0.15, 0.2) is 29.3 Å². The first-order valence-corrected chi connectivity index (χ1v) is 9.05. The van der Waals surface area contributed by atoms with Crippen molar-refractivity contribution in [1.29, 1.82) is 0 Å². The lowest BCUT2D eigenvalue weighted by molar-refractivity contribution is 0.0320. The Morgan fingerprint density at radius 2 is 1.88 bits per heavy atom. The molecule has 1 saturated heterocycles. The molecular formula is C19H33IN4O. The Morgan fingerprint density at radius 1 is 1.20 bits per heavy atom. The molecule has 1 aliphatic heterocycles. The van der Waals surface area contributed by atoms with Crippen LogP contribution >= 0.6 is 24.0 Å². The highest BCUT2D eigenvalue weighted by Gasteiger charge is 2.13. The number of halogens is 1. The van der Waals surface area contributed by atoms with Crippen LogP contribution in [0.3, 0.4) is 0 Å². The van der Waals surface area contributed by atoms with Crippen molar-refractivity contribution in [3.05, 3.63) is 35.4 Å². The third kappa shape index (κ3) is 8.87. The van der Waals surface area contributed by atoms with Crippen molar-refractivity contribution >= 4 is 29.9 Å². The van der Waals surface area contributed by atoms with Gasteiger partial charge in [-0.05, 0) is 25.3 Å². The van der Waals surface area contributed by atoms with Crippen molar-refractivity contribution in [1.82, 2.24) is 15.5 Å². The number of morpholine rings is 1. The Bertz CT molecular complexity index is 501. The third-order valence-corrected chi connectivity index (χ3v) is 4.18. The van der Waals surface area contributed by atoms with E-state index in [-0.39, 0.29) is 24.0 Å². The molecule has 5 nitrogen and oxygen atoms in total. The highest BCUT2D eigenvalue weighted by Crippen LogP contribution is 2.05. The third-order valence-electron chi connectivity index (χ3n) is 4.18. The summed E-state index contributed by atoms with van der Waals surface area (Å²) < 4.78 is 5.41. The van der Waals surface area contributed by atoms with Crippen LogP contribution in [0.2, 0.25) is 0 Å². The molecule has 2 N–H and O–H groups in total. The maximum atomic E-state index is 5.41. The zero-order valence-corrected chi connectivity index (χ0v) is 18.1. The van der Waals surface area contributed by atoms with Crippen LogP contribution in [0.25, 0.3) is 0 Å². The van der Waals surface area contributed by atoms with Crippen molar-refractivity contribution in [2.24, 2.45) is 10.9 Å². The van der Waals surface area contributed by atoms with E-state index in [1.54, 1.807) is 0 Å². The molecule has 1 fully saturated rings. The first-order valence-electron chi connectivity index (χ1n) is 9.05. The standard InChI is InChI=1S/C19H32N4O.HI/c1-4-20-19(22-14-18-7-5-16(2)6-8-18)21-13-17(3)15-23-9-11-24-12-10-23;/h5-8,17H,4,9-15H2,1-3H3,(H2,20,21,22);1H. The molecule has 0 saturated carbocycles. The molecule has 1 aromatic rings. The predicted molar refractivity (Wildman–Crippen MR) is 116 cm³/mol. The topological polar surface area (TPSA) is 48.9 Å². The number of hydrogen-bond acceptors (Lipinski definition) is 3. The molecule has 0 radical (unpaired) electrons. The summed E-state index contributed by atoms with van der Waals surface area (Å²) in [4.78, 5) is 7.17. The molecule has 0 spiro atoms. The predicted octanol–water partition coefficient (Wildman–Crippen LogP) is 2.64. The number of benzene rings is 1. The Morgan fingerprint density at radius 3 is 2.52 bits per heavy atom. The molecule has 6 heteroatoms. The van der Waals surface area contributed by atoms with Gasteiger partial charge in [0.1, 0.15) is 0 Å². The van der Waals surface area contributed by atoms with Crippen LogP contribution in [-0.2, 0) is 11.3 Å². The molecule has 1 aromatic carbocycles. The van der Waals surface area contributed by atoms with Crippen LogP contribution in [-0.4, -0.2) is 56.8 Å². The van der Waals surface area contributed by atoms with Crippen molar-refractivity contribution in [3.63, 3.8) is 0 Å². The number of rotatable bonds is 7. The number of ether oxygens (including phenoxy) is 1. The van der Waals surface area contributed by atoms with E-state index in [1.165, 1.54) is 11.1 Å². The summed E-state index contributed by atoms with van der Waals surface area (Å²) in [6.45, 7) is 13.9. The van der Waals surface area contributed by atoms with Gasteiger partial charge >= 0.3 is 0 Å². The minimum absolute atomic E-state index is 0. The van der Waals surface area contributed by atoms with Crippen LogP contribution in [0.1, 0.15) is 25.0 Å². The first-order chi connectivity index (χ1) is 11.7. The van der Waals surface area contributed by atoms with Gasteiger partial charge < -0.3 is 15.4 Å². The number of aryl methyl sites for hydroxylation is 1. The van der Waals surface area contributed by atoms with Crippen molar-refractivity contribution in [3.8, 4) is 0 Å². The van der Waals surface area contributed by atoms with Gasteiger partial charge in [-0.25, -0.2) is 4.99 Å². The van der Waals surface area contributed by atoms with Gasteiger partial charge in [0, 0.05) is 32.7 Å². The van der Waals surface area contributed by atoms with Gasteiger partial charge in [0.05, 0.1) is 19.8 Å². The van der Waals surface area contributed by atoms with E-state index in [0.29, 0.717) is 12.5 Å². The molecule has 1 atom stereocenters. The smallest absolute Gasteiger partial charge is 0.191 e. The number of hydrogen-bond donors (Lipinski definition) is 2. The fourth-order valence-electron chi connectivity index (χ4n) is 2.77. The van der Waals surface area contributed by atoms with E-state index in [0.717, 1.165) is 51.9 Å². The Hall–Kier alpha value is -0.860. The monoisotopic (exact) mass is 460 g/mol. The average Bonchev–Trinajstić information content (AvgIpc) is 2.59. The summed E-state index contributed by atoms with van der Waals surface area (Å²) in [5.74, 6) is 1.47. The first kappa shape index (κ1) is 22.2. The van der Waals surface area contributed by atoms with E-state index in [9.17, 15) is 0 Å². The second-order valence-corrected chi connectivity index (χ2v) is 6.58. The van der Waals surface area contributed by atoms with E-state index in [1.807, 2.05) is 0 Å². The molecule has 0 aromatic heterocycles. The zero-order valence-electron chi connectivity index (χ0n) is 15.8. The Kier molecular flexibility index (Phi) is 11.1. The van der Waals surface area contributed by atoms with Crippen LogP contribution < -0.4 is 10.6 Å². The van der Waals surface area contributed by atoms with Gasteiger partial charge in [0.25, 0.3) is 0 Å². The summed E-state index contributed by atoms with van der Waals surface area (Å²) in [6.07, 6.45) is 0. The maximum absolute atomic E-state index is 5.41. The highest BCUT2D eigenvalue weighted by atomic mass is 127. The molecule has 1 unspecified atom stereocenters. The quantitative estimate of drug-likeness (QED) is 0.373. The second kappa shape index (κ2) is 12.5.